The second-order valence-electron chi connectivity index (χ2n) is 14.1. The van der Waals surface area contributed by atoms with Crippen molar-refractivity contribution in [2.45, 2.75) is 198 Å². The van der Waals surface area contributed by atoms with Gasteiger partial charge in [-0.15, -0.1) is 0 Å². The van der Waals surface area contributed by atoms with Gasteiger partial charge in [-0.3, -0.25) is 13.9 Å². The molecule has 0 unspecified atom stereocenters. The monoisotopic (exact) mass is 803 g/mol. The van der Waals surface area contributed by atoms with Gasteiger partial charge in [0.05, 0.1) is 25.4 Å². The van der Waals surface area contributed by atoms with E-state index in [1.165, 1.54) is 83.1 Å². The summed E-state index contributed by atoms with van der Waals surface area (Å²) in [6.45, 7) is 2.87. The third kappa shape index (κ3) is 25.5. The Balaban J connectivity index is 2.81. The number of nitrogens with one attached hydrogen (secondary N) is 1. The fraction of sp³-hybridized carbons (Fsp3) is 0.917. The Morgan fingerprint density at radius 1 is 0.736 bits per heavy atom. The van der Waals surface area contributed by atoms with E-state index < -0.39 is 76.9 Å². The molecule has 0 aromatic carbocycles. The Bertz CT molecular complexity index is 1190. The Labute approximate surface area is 318 Å². The first kappa shape index (κ1) is 49.8. The maximum absolute atomic E-state index is 12.9. The third-order valence-corrected chi connectivity index (χ3v) is 10.2. The molecule has 0 saturated carbocycles. The molecule has 7 atom stereocenters. The van der Waals surface area contributed by atoms with Gasteiger partial charge in [0.15, 0.2) is 6.29 Å². The lowest BCUT2D eigenvalue weighted by atomic mass is 9.99. The first-order valence-corrected chi connectivity index (χ1v) is 22.5. The minimum absolute atomic E-state index is 0.204. The van der Waals surface area contributed by atoms with Crippen LogP contribution in [0.3, 0.4) is 0 Å². The van der Waals surface area contributed by atoms with Crippen LogP contribution in [0.4, 0.5) is 0 Å². The van der Waals surface area contributed by atoms with Crippen LogP contribution >= 0.6 is 0 Å². The van der Waals surface area contributed by atoms with Gasteiger partial charge < -0.3 is 30.1 Å². The third-order valence-electron chi connectivity index (χ3n) is 9.27. The van der Waals surface area contributed by atoms with E-state index in [9.17, 15) is 41.5 Å². The summed E-state index contributed by atoms with van der Waals surface area (Å²) >= 11 is 0. The van der Waals surface area contributed by atoms with Gasteiger partial charge in [-0.2, -0.15) is 16.8 Å². The van der Waals surface area contributed by atoms with E-state index >= 15 is 0 Å². The average molecular weight is 804 g/mol. The number of allylic oxidation sites excluding steroid dienone is 1. The summed E-state index contributed by atoms with van der Waals surface area (Å²) < 4.78 is 83.0. The van der Waals surface area contributed by atoms with Crippen molar-refractivity contribution < 1.29 is 63.9 Å². The standard InChI is InChI=1S/C36H69NO14S2/c1-3-5-7-9-11-13-14-15-16-18-19-21-23-25-30(38)29(37-32(39)26-24-22-20-17-12-10-8-6-4-2)27-48-36-34(41)35(51-53(45,46)47)33(40)31(50-36)28-49-52(42,43)44/h23,25,29-31,33-36,38,40-41H,3-22,24,26-28H2,1-2H3,(H,37,39)(H,42,43,44)(H,45,46,47)/b25-23+/t29-,30+,31+,33-,34+,35-,36+/m0/s1. The molecule has 0 aliphatic carbocycles. The zero-order valence-electron chi connectivity index (χ0n) is 31.9. The van der Waals surface area contributed by atoms with Crippen LogP contribution in [0.2, 0.25) is 0 Å². The predicted molar refractivity (Wildman–Crippen MR) is 201 cm³/mol. The summed E-state index contributed by atoms with van der Waals surface area (Å²) in [5, 5.41) is 35.0. The molecular formula is C36H69NO14S2. The number of aliphatic hydroxyl groups is 3. The highest BCUT2D eigenvalue weighted by molar-refractivity contribution is 7.81. The number of aliphatic hydroxyl groups excluding tert-OH is 3. The Hall–Kier alpha value is -1.25. The van der Waals surface area contributed by atoms with Gasteiger partial charge in [0.1, 0.15) is 24.4 Å². The van der Waals surface area contributed by atoms with Crippen molar-refractivity contribution >= 4 is 26.7 Å². The highest BCUT2D eigenvalue weighted by Gasteiger charge is 2.48. The first-order chi connectivity index (χ1) is 25.2. The number of amides is 1. The Kier molecular flexibility index (Phi) is 27.3. The smallest absolute Gasteiger partial charge is 0.387 e. The highest BCUT2D eigenvalue weighted by atomic mass is 32.3. The second kappa shape index (κ2) is 29.1. The molecule has 1 fully saturated rings. The van der Waals surface area contributed by atoms with Gasteiger partial charge >= 0.3 is 20.8 Å². The minimum Gasteiger partial charge on any atom is -0.387 e. The van der Waals surface area contributed by atoms with Crippen molar-refractivity contribution in [3.05, 3.63) is 12.2 Å². The normalized spacial score (nSPS) is 22.3. The van der Waals surface area contributed by atoms with Crippen molar-refractivity contribution in [3.63, 3.8) is 0 Å². The fourth-order valence-corrected chi connectivity index (χ4v) is 6.99. The number of hydrogen-bond donors (Lipinski definition) is 6. The van der Waals surface area contributed by atoms with E-state index in [1.807, 2.05) is 6.08 Å². The molecule has 1 aliphatic rings. The number of hydrogen-bond acceptors (Lipinski definition) is 12. The second-order valence-corrected chi connectivity index (χ2v) is 16.2. The number of carbonyl (C=O) groups is 1. The number of ether oxygens (including phenoxy) is 2. The fourth-order valence-electron chi connectivity index (χ4n) is 6.18. The van der Waals surface area contributed by atoms with Crippen molar-refractivity contribution in [3.8, 4) is 0 Å². The maximum Gasteiger partial charge on any atom is 0.397 e. The van der Waals surface area contributed by atoms with Crippen LogP contribution in [-0.2, 0) is 43.4 Å². The zero-order valence-corrected chi connectivity index (χ0v) is 33.5. The number of rotatable bonds is 33. The van der Waals surface area contributed by atoms with Crippen LogP contribution in [-0.4, -0.2) is 103 Å². The molecule has 0 aromatic heterocycles. The van der Waals surface area contributed by atoms with Crippen molar-refractivity contribution in [1.82, 2.24) is 5.32 Å². The van der Waals surface area contributed by atoms with E-state index in [0.29, 0.717) is 12.8 Å². The van der Waals surface area contributed by atoms with Crippen LogP contribution in [0.5, 0.6) is 0 Å². The van der Waals surface area contributed by atoms with Crippen LogP contribution in [0.25, 0.3) is 0 Å². The molecule has 1 aliphatic heterocycles. The molecule has 1 saturated heterocycles. The lowest BCUT2D eigenvalue weighted by molar-refractivity contribution is -0.297. The topological polar surface area (TPSA) is 235 Å². The zero-order chi connectivity index (χ0) is 39.5. The summed E-state index contributed by atoms with van der Waals surface area (Å²) in [4.78, 5) is 12.9. The first-order valence-electron chi connectivity index (χ1n) is 19.7. The molecule has 1 heterocycles. The van der Waals surface area contributed by atoms with Crippen molar-refractivity contribution in [1.29, 1.82) is 0 Å². The van der Waals surface area contributed by atoms with Gasteiger partial charge in [-0.25, -0.2) is 8.37 Å². The summed E-state index contributed by atoms with van der Waals surface area (Å²) in [7, 11) is -10.2. The van der Waals surface area contributed by atoms with Crippen molar-refractivity contribution in [2.24, 2.45) is 0 Å². The molecule has 314 valence electrons. The van der Waals surface area contributed by atoms with Gasteiger partial charge in [0, 0.05) is 6.42 Å². The quantitative estimate of drug-likeness (QED) is 0.0274. The number of unbranched alkanes of at least 4 members (excludes halogenated alkanes) is 19. The van der Waals surface area contributed by atoms with E-state index in [0.717, 1.165) is 44.9 Å². The Morgan fingerprint density at radius 2 is 1.23 bits per heavy atom. The highest BCUT2D eigenvalue weighted by Crippen LogP contribution is 2.26. The maximum atomic E-state index is 12.9. The van der Waals surface area contributed by atoms with Gasteiger partial charge in [0.2, 0.25) is 5.91 Å². The SMILES string of the molecule is CCCCCCCCCCCCC/C=C/[C@@H](O)[C@H](CO[C@@H]1O[C@H](COS(=O)(=O)O)[C@H](O)[C@H](OS(=O)(=O)O)[C@H]1O)NC(=O)CCCCCCCCCCC. The lowest BCUT2D eigenvalue weighted by Crippen LogP contribution is -2.61. The van der Waals surface area contributed by atoms with Gasteiger partial charge in [-0.05, 0) is 19.3 Å². The minimum atomic E-state index is -5.23. The molecule has 0 spiro atoms. The largest absolute Gasteiger partial charge is 0.397 e. The van der Waals surface area contributed by atoms with Crippen LogP contribution in [0.15, 0.2) is 12.2 Å². The van der Waals surface area contributed by atoms with Crippen LogP contribution in [0, 0.1) is 0 Å². The van der Waals surface area contributed by atoms with Crippen LogP contribution < -0.4 is 5.32 Å². The molecular weight excluding hydrogens is 735 g/mol. The predicted octanol–water partition coefficient (Wildman–Crippen LogP) is 5.48. The summed E-state index contributed by atoms with van der Waals surface area (Å²) in [6.07, 6.45) is 16.2. The molecule has 0 radical (unpaired) electrons. The van der Waals surface area contributed by atoms with E-state index in [4.69, 9.17) is 14.0 Å². The summed E-state index contributed by atoms with van der Waals surface area (Å²) in [6, 6.07) is -1.05. The van der Waals surface area contributed by atoms with E-state index in [1.54, 1.807) is 0 Å². The summed E-state index contributed by atoms with van der Waals surface area (Å²) in [5.41, 5.74) is 0. The van der Waals surface area contributed by atoms with E-state index in [2.05, 4.69) is 27.5 Å². The van der Waals surface area contributed by atoms with Gasteiger partial charge in [-0.1, -0.05) is 142 Å². The lowest BCUT2D eigenvalue weighted by Gasteiger charge is -2.41. The van der Waals surface area contributed by atoms with Gasteiger partial charge in [0.25, 0.3) is 0 Å². The molecule has 1 amide bonds. The molecule has 0 bridgehead atoms. The molecule has 53 heavy (non-hydrogen) atoms. The average Bonchev–Trinajstić information content (AvgIpc) is 3.09. The molecule has 17 heteroatoms. The number of carbonyl (C=O) groups excluding carboxylic acids is 1. The van der Waals surface area contributed by atoms with E-state index in [-0.39, 0.29) is 12.3 Å². The molecule has 15 nitrogen and oxygen atoms in total. The van der Waals surface area contributed by atoms with Crippen molar-refractivity contribution in [2.75, 3.05) is 13.2 Å². The van der Waals surface area contributed by atoms with Crippen LogP contribution in [0.1, 0.15) is 155 Å². The molecule has 1 rings (SSSR count). The molecule has 6 N–H and O–H groups in total. The Morgan fingerprint density at radius 3 is 1.72 bits per heavy atom. The summed E-state index contributed by atoms with van der Waals surface area (Å²) in [5.74, 6) is -0.341. The molecule has 0 aromatic rings.